The molecule has 0 spiro atoms. The van der Waals surface area contributed by atoms with Crippen molar-refractivity contribution in [2.75, 3.05) is 13.1 Å². The lowest BCUT2D eigenvalue weighted by Gasteiger charge is -2.46. The lowest BCUT2D eigenvalue weighted by Crippen LogP contribution is -2.53. The van der Waals surface area contributed by atoms with E-state index < -0.39 is 0 Å². The molecule has 1 saturated carbocycles. The zero-order valence-corrected chi connectivity index (χ0v) is 12.1. The molecule has 1 heterocycles. The van der Waals surface area contributed by atoms with Crippen LogP contribution in [0.4, 0.5) is 0 Å². The number of hydrogen-bond donors (Lipinski definition) is 1. The number of hydrogen-bond acceptors (Lipinski definition) is 2. The van der Waals surface area contributed by atoms with E-state index in [2.05, 4.69) is 37.9 Å². The van der Waals surface area contributed by atoms with Crippen LogP contribution >= 0.6 is 0 Å². The number of nitrogens with one attached hydrogen (secondary N) is 1. The second-order valence-corrected chi connectivity index (χ2v) is 6.98. The molecule has 1 aliphatic heterocycles. The maximum Gasteiger partial charge on any atom is 0.0139 e. The summed E-state index contributed by atoms with van der Waals surface area (Å²) in [6.45, 7) is 11.7. The largest absolute Gasteiger partial charge is 0.312 e. The van der Waals surface area contributed by atoms with Crippen molar-refractivity contribution in [1.29, 1.82) is 0 Å². The first kappa shape index (κ1) is 13.4. The van der Waals surface area contributed by atoms with Crippen LogP contribution in [0.5, 0.6) is 0 Å². The van der Waals surface area contributed by atoms with Gasteiger partial charge in [-0.3, -0.25) is 4.90 Å². The zero-order valence-electron chi connectivity index (χ0n) is 12.1. The highest BCUT2D eigenvalue weighted by Gasteiger charge is 2.39. The Balaban J connectivity index is 1.82. The van der Waals surface area contributed by atoms with E-state index in [1.54, 1.807) is 0 Å². The second-order valence-electron chi connectivity index (χ2n) is 6.98. The Labute approximate surface area is 107 Å². The molecule has 3 unspecified atom stereocenters. The first-order valence-corrected chi connectivity index (χ1v) is 7.52. The Morgan fingerprint density at radius 1 is 1.18 bits per heavy atom. The second kappa shape index (κ2) is 5.27. The highest BCUT2D eigenvalue weighted by molar-refractivity contribution is 4.95. The van der Waals surface area contributed by atoms with Gasteiger partial charge in [-0.2, -0.15) is 0 Å². The molecule has 0 aromatic carbocycles. The Kier molecular flexibility index (Phi) is 4.14. The molecule has 0 aromatic heterocycles. The van der Waals surface area contributed by atoms with Crippen molar-refractivity contribution in [3.63, 3.8) is 0 Å². The molecule has 1 N–H and O–H groups in total. The quantitative estimate of drug-likeness (QED) is 0.810. The Bertz CT molecular complexity index is 244. The fourth-order valence-electron chi connectivity index (χ4n) is 3.40. The summed E-state index contributed by atoms with van der Waals surface area (Å²) in [4.78, 5) is 2.82. The van der Waals surface area contributed by atoms with Crippen LogP contribution in [0, 0.1) is 5.92 Å². The molecule has 2 nitrogen and oxygen atoms in total. The molecule has 17 heavy (non-hydrogen) atoms. The van der Waals surface area contributed by atoms with Gasteiger partial charge in [0.05, 0.1) is 0 Å². The number of nitrogens with zero attached hydrogens (tertiary/aromatic N) is 1. The van der Waals surface area contributed by atoms with Crippen LogP contribution in [0.25, 0.3) is 0 Å². The molecular weight excluding hydrogens is 208 g/mol. The minimum atomic E-state index is 0.273. The number of rotatable bonds is 4. The summed E-state index contributed by atoms with van der Waals surface area (Å²) in [5.41, 5.74) is 0.273. The number of likely N-dealkylation sites (tertiary alicyclic amines) is 1. The molecule has 2 fully saturated rings. The molecule has 0 amide bonds. The first-order valence-electron chi connectivity index (χ1n) is 7.52. The standard InChI is InChI=1S/C15H30N2/c1-5-13-7-6-10-17(13)14-9-8-12(14)11-16-15(2,3)4/h12-14,16H,5-11H2,1-4H3. The minimum absolute atomic E-state index is 0.273. The van der Waals surface area contributed by atoms with Crippen molar-refractivity contribution in [3.05, 3.63) is 0 Å². The molecule has 0 bridgehead atoms. The first-order chi connectivity index (χ1) is 8.01. The third-order valence-electron chi connectivity index (χ3n) is 4.59. The van der Waals surface area contributed by atoms with Crippen LogP contribution in [-0.2, 0) is 0 Å². The van der Waals surface area contributed by atoms with E-state index in [1.807, 2.05) is 0 Å². The van der Waals surface area contributed by atoms with E-state index >= 15 is 0 Å². The maximum absolute atomic E-state index is 3.68. The van der Waals surface area contributed by atoms with Crippen LogP contribution in [0.2, 0.25) is 0 Å². The molecule has 2 rings (SSSR count). The van der Waals surface area contributed by atoms with E-state index in [4.69, 9.17) is 0 Å². The van der Waals surface area contributed by atoms with E-state index in [0.717, 1.165) is 18.0 Å². The predicted molar refractivity (Wildman–Crippen MR) is 74.3 cm³/mol. The van der Waals surface area contributed by atoms with Crippen molar-refractivity contribution in [2.24, 2.45) is 5.92 Å². The van der Waals surface area contributed by atoms with E-state index in [-0.39, 0.29) is 5.54 Å². The molecule has 3 atom stereocenters. The normalized spacial score (nSPS) is 34.9. The van der Waals surface area contributed by atoms with Crippen molar-refractivity contribution >= 4 is 0 Å². The molecule has 0 aromatic rings. The van der Waals surface area contributed by atoms with Crippen LogP contribution in [0.15, 0.2) is 0 Å². The molecule has 2 aliphatic rings. The van der Waals surface area contributed by atoms with Crippen molar-refractivity contribution in [2.45, 2.75) is 77.4 Å². The molecular formula is C15H30N2. The van der Waals surface area contributed by atoms with E-state index in [1.165, 1.54) is 45.2 Å². The van der Waals surface area contributed by atoms with E-state index in [9.17, 15) is 0 Å². The van der Waals surface area contributed by atoms with Crippen molar-refractivity contribution in [3.8, 4) is 0 Å². The van der Waals surface area contributed by atoms with Crippen molar-refractivity contribution in [1.82, 2.24) is 10.2 Å². The third kappa shape index (κ3) is 3.23. The van der Waals surface area contributed by atoms with Gasteiger partial charge in [0.2, 0.25) is 0 Å². The Hall–Kier alpha value is -0.0800. The summed E-state index contributed by atoms with van der Waals surface area (Å²) < 4.78 is 0. The smallest absolute Gasteiger partial charge is 0.0139 e. The lowest BCUT2D eigenvalue weighted by molar-refractivity contribution is 0.0473. The highest BCUT2D eigenvalue weighted by Crippen LogP contribution is 2.37. The zero-order chi connectivity index (χ0) is 12.5. The van der Waals surface area contributed by atoms with E-state index in [0.29, 0.717) is 0 Å². The highest BCUT2D eigenvalue weighted by atomic mass is 15.2. The van der Waals surface area contributed by atoms with Crippen LogP contribution in [0.3, 0.4) is 0 Å². The summed E-state index contributed by atoms with van der Waals surface area (Å²) in [7, 11) is 0. The summed E-state index contributed by atoms with van der Waals surface area (Å²) in [5, 5.41) is 3.68. The minimum Gasteiger partial charge on any atom is -0.312 e. The van der Waals surface area contributed by atoms with Gasteiger partial charge in [-0.05, 0) is 71.9 Å². The van der Waals surface area contributed by atoms with Crippen molar-refractivity contribution < 1.29 is 0 Å². The predicted octanol–water partition coefficient (Wildman–Crippen LogP) is 3.03. The fourth-order valence-corrected chi connectivity index (χ4v) is 3.40. The Morgan fingerprint density at radius 3 is 2.47 bits per heavy atom. The monoisotopic (exact) mass is 238 g/mol. The molecule has 100 valence electrons. The third-order valence-corrected chi connectivity index (χ3v) is 4.59. The summed E-state index contributed by atoms with van der Waals surface area (Å²) >= 11 is 0. The maximum atomic E-state index is 3.68. The van der Waals surface area contributed by atoms with Crippen LogP contribution < -0.4 is 5.32 Å². The van der Waals surface area contributed by atoms with Crippen LogP contribution in [0.1, 0.15) is 59.8 Å². The SMILES string of the molecule is CCC1CCCN1C1CCC1CNC(C)(C)C. The average molecular weight is 238 g/mol. The molecule has 1 aliphatic carbocycles. The van der Waals surface area contributed by atoms with Gasteiger partial charge in [0, 0.05) is 17.6 Å². The Morgan fingerprint density at radius 2 is 1.94 bits per heavy atom. The molecule has 0 radical (unpaired) electrons. The van der Waals surface area contributed by atoms with Gasteiger partial charge >= 0.3 is 0 Å². The van der Waals surface area contributed by atoms with Gasteiger partial charge < -0.3 is 5.32 Å². The molecule has 1 saturated heterocycles. The van der Waals surface area contributed by atoms with Gasteiger partial charge in [-0.15, -0.1) is 0 Å². The van der Waals surface area contributed by atoms with Crippen LogP contribution in [-0.4, -0.2) is 35.6 Å². The topological polar surface area (TPSA) is 15.3 Å². The average Bonchev–Trinajstić information content (AvgIpc) is 2.62. The van der Waals surface area contributed by atoms with Gasteiger partial charge in [0.15, 0.2) is 0 Å². The summed E-state index contributed by atoms with van der Waals surface area (Å²) in [5.74, 6) is 0.904. The van der Waals surface area contributed by atoms with Gasteiger partial charge in [-0.1, -0.05) is 6.92 Å². The molecule has 2 heteroatoms. The summed E-state index contributed by atoms with van der Waals surface area (Å²) in [6, 6.07) is 1.77. The fraction of sp³-hybridized carbons (Fsp3) is 1.00. The lowest BCUT2D eigenvalue weighted by atomic mass is 9.77. The van der Waals surface area contributed by atoms with Gasteiger partial charge in [0.25, 0.3) is 0 Å². The van der Waals surface area contributed by atoms with Gasteiger partial charge in [0.1, 0.15) is 0 Å². The summed E-state index contributed by atoms with van der Waals surface area (Å²) in [6.07, 6.45) is 7.07. The van der Waals surface area contributed by atoms with Gasteiger partial charge in [-0.25, -0.2) is 0 Å².